The van der Waals surface area contributed by atoms with E-state index in [0.29, 0.717) is 0 Å². The molecule has 0 bridgehead atoms. The molecular weight excluding hydrogens is 192 g/mol. The second-order valence-corrected chi connectivity index (χ2v) is 3.19. The molecule has 0 aromatic heterocycles. The molecule has 0 amide bonds. The van der Waals surface area contributed by atoms with Gasteiger partial charge in [-0.1, -0.05) is 30.3 Å². The average Bonchev–Trinajstić information content (AvgIpc) is 2.47. The van der Waals surface area contributed by atoms with Gasteiger partial charge in [-0.15, -0.1) is 0 Å². The zero-order valence-corrected chi connectivity index (χ0v) is 7.81. The topological polar surface area (TPSA) is 54.4 Å². The zero-order valence-electron chi connectivity index (χ0n) is 7.81. The highest BCUT2D eigenvalue weighted by Gasteiger charge is 2.27. The molecule has 0 atom stereocenters. The third-order valence-corrected chi connectivity index (χ3v) is 2.12. The van der Waals surface area contributed by atoms with Gasteiger partial charge in [0.05, 0.1) is 5.57 Å². The number of Topliss-reactive ketones (excluding diaryl/α,β-unsaturated/α-hetero) is 1. The van der Waals surface area contributed by atoms with E-state index in [2.05, 4.69) is 0 Å². The first-order valence-electron chi connectivity index (χ1n) is 4.45. The summed E-state index contributed by atoms with van der Waals surface area (Å²) in [4.78, 5) is 22.2. The van der Waals surface area contributed by atoms with Crippen LogP contribution in [0.25, 0.3) is 6.08 Å². The quantitative estimate of drug-likeness (QED) is 0.554. The number of ketones is 2. The Bertz CT molecular complexity index is 481. The second kappa shape index (κ2) is 3.53. The van der Waals surface area contributed by atoms with Crippen molar-refractivity contribution in [3.05, 3.63) is 53.3 Å². The van der Waals surface area contributed by atoms with Gasteiger partial charge in [-0.3, -0.25) is 9.59 Å². The minimum absolute atomic E-state index is 0.0613. The van der Waals surface area contributed by atoms with Crippen LogP contribution in [-0.2, 0) is 9.59 Å². The molecule has 0 saturated heterocycles. The summed E-state index contributed by atoms with van der Waals surface area (Å²) >= 11 is 0. The lowest BCUT2D eigenvalue weighted by Gasteiger charge is -1.96. The number of carbonyl (C=O) groups is 2. The summed E-state index contributed by atoms with van der Waals surface area (Å²) in [6, 6.07) is 9.05. The highest BCUT2D eigenvalue weighted by molar-refractivity contribution is 6.52. The number of carbonyl (C=O) groups excluding carboxylic acids is 2. The van der Waals surface area contributed by atoms with Crippen molar-refractivity contribution in [3.8, 4) is 0 Å². The molecule has 0 unspecified atom stereocenters. The zero-order chi connectivity index (χ0) is 10.8. The van der Waals surface area contributed by atoms with Crippen molar-refractivity contribution < 1.29 is 14.7 Å². The van der Waals surface area contributed by atoms with Gasteiger partial charge in [0, 0.05) is 6.08 Å². The third-order valence-electron chi connectivity index (χ3n) is 2.12. The smallest absolute Gasteiger partial charge is 0.236 e. The van der Waals surface area contributed by atoms with Gasteiger partial charge in [0.1, 0.15) is 5.76 Å². The molecule has 74 valence electrons. The molecule has 1 aliphatic rings. The Hall–Kier alpha value is -2.16. The molecule has 15 heavy (non-hydrogen) atoms. The largest absolute Gasteiger partial charge is 0.507 e. The molecule has 3 heteroatoms. The van der Waals surface area contributed by atoms with E-state index >= 15 is 0 Å². The molecular formula is C12H8O3. The Labute approximate surface area is 86.4 Å². The maximum Gasteiger partial charge on any atom is 0.236 e. The predicted octanol–water partition coefficient (Wildman–Crippen LogP) is 1.66. The molecule has 2 rings (SSSR count). The molecule has 0 fully saturated rings. The van der Waals surface area contributed by atoms with Crippen molar-refractivity contribution in [3.63, 3.8) is 0 Å². The Morgan fingerprint density at radius 3 is 2.27 bits per heavy atom. The first kappa shape index (κ1) is 9.40. The van der Waals surface area contributed by atoms with Crippen molar-refractivity contribution in [1.29, 1.82) is 0 Å². The van der Waals surface area contributed by atoms with Gasteiger partial charge in [-0.2, -0.15) is 0 Å². The van der Waals surface area contributed by atoms with E-state index in [1.807, 2.05) is 18.2 Å². The maximum absolute atomic E-state index is 11.3. The summed E-state index contributed by atoms with van der Waals surface area (Å²) in [5, 5.41) is 9.34. The maximum atomic E-state index is 11.3. The lowest BCUT2D eigenvalue weighted by Crippen LogP contribution is -2.06. The molecule has 0 saturated carbocycles. The molecule has 0 aliphatic heterocycles. The minimum atomic E-state index is -0.672. The number of rotatable bonds is 1. The van der Waals surface area contributed by atoms with Gasteiger partial charge < -0.3 is 5.11 Å². The van der Waals surface area contributed by atoms with Crippen molar-refractivity contribution in [2.75, 3.05) is 0 Å². The predicted molar refractivity (Wildman–Crippen MR) is 55.1 cm³/mol. The van der Waals surface area contributed by atoms with Gasteiger partial charge in [0.15, 0.2) is 0 Å². The molecule has 1 aromatic carbocycles. The van der Waals surface area contributed by atoms with Gasteiger partial charge in [-0.25, -0.2) is 0 Å². The van der Waals surface area contributed by atoms with E-state index in [4.69, 9.17) is 0 Å². The molecule has 1 aromatic rings. The normalized spacial score (nSPS) is 18.4. The van der Waals surface area contributed by atoms with E-state index in [9.17, 15) is 14.7 Å². The standard InChI is InChI=1S/C12H8O3/c13-10-7-11(14)12(15)9(10)6-8-4-2-1-3-5-8/h1-7,13H. The van der Waals surface area contributed by atoms with Crippen LogP contribution in [0.4, 0.5) is 0 Å². The summed E-state index contributed by atoms with van der Waals surface area (Å²) in [7, 11) is 0. The van der Waals surface area contributed by atoms with Gasteiger partial charge in [0.2, 0.25) is 11.6 Å². The monoisotopic (exact) mass is 200 g/mol. The summed E-state index contributed by atoms with van der Waals surface area (Å²) < 4.78 is 0. The fraction of sp³-hybridized carbons (Fsp3) is 0. The van der Waals surface area contributed by atoms with E-state index in [1.54, 1.807) is 12.1 Å². The van der Waals surface area contributed by atoms with Crippen LogP contribution in [0.3, 0.4) is 0 Å². The summed E-state index contributed by atoms with van der Waals surface area (Å²) in [6.45, 7) is 0. The minimum Gasteiger partial charge on any atom is -0.507 e. The van der Waals surface area contributed by atoms with E-state index < -0.39 is 11.6 Å². The first-order chi connectivity index (χ1) is 7.18. The fourth-order valence-corrected chi connectivity index (χ4v) is 1.37. The summed E-state index contributed by atoms with van der Waals surface area (Å²) in [5.74, 6) is -1.58. The Balaban J connectivity index is 2.41. The molecule has 1 N–H and O–H groups in total. The van der Waals surface area contributed by atoms with Crippen LogP contribution < -0.4 is 0 Å². The second-order valence-electron chi connectivity index (χ2n) is 3.19. The van der Waals surface area contributed by atoms with Crippen LogP contribution in [0, 0.1) is 0 Å². The number of allylic oxidation sites excluding steroid dienone is 2. The number of hydrogen-bond donors (Lipinski definition) is 1. The number of aliphatic hydroxyl groups is 1. The average molecular weight is 200 g/mol. The first-order valence-corrected chi connectivity index (χ1v) is 4.45. The molecule has 3 nitrogen and oxygen atoms in total. The molecule has 0 heterocycles. The van der Waals surface area contributed by atoms with E-state index in [0.717, 1.165) is 11.6 Å². The van der Waals surface area contributed by atoms with E-state index in [-0.39, 0.29) is 11.3 Å². The summed E-state index contributed by atoms with van der Waals surface area (Å²) in [6.07, 6.45) is 2.44. The number of benzene rings is 1. The van der Waals surface area contributed by atoms with Crippen LogP contribution in [0.15, 0.2) is 47.7 Å². The lowest BCUT2D eigenvalue weighted by atomic mass is 10.1. The van der Waals surface area contributed by atoms with Crippen molar-refractivity contribution in [2.45, 2.75) is 0 Å². The van der Waals surface area contributed by atoms with Crippen LogP contribution in [0.1, 0.15) is 5.56 Å². The lowest BCUT2D eigenvalue weighted by molar-refractivity contribution is -0.130. The SMILES string of the molecule is O=C1C=C(O)C(=Cc2ccccc2)C1=O. The van der Waals surface area contributed by atoms with Crippen molar-refractivity contribution >= 4 is 17.6 Å². The van der Waals surface area contributed by atoms with Crippen molar-refractivity contribution in [2.24, 2.45) is 0 Å². The highest BCUT2D eigenvalue weighted by Crippen LogP contribution is 2.19. The van der Waals surface area contributed by atoms with Crippen LogP contribution in [-0.4, -0.2) is 16.7 Å². The summed E-state index contributed by atoms with van der Waals surface area (Å²) in [5.41, 5.74) is 0.835. The Morgan fingerprint density at radius 1 is 1.07 bits per heavy atom. The highest BCUT2D eigenvalue weighted by atomic mass is 16.3. The van der Waals surface area contributed by atoms with Crippen molar-refractivity contribution in [1.82, 2.24) is 0 Å². The van der Waals surface area contributed by atoms with Crippen LogP contribution >= 0.6 is 0 Å². The van der Waals surface area contributed by atoms with Gasteiger partial charge in [-0.05, 0) is 11.6 Å². The molecule has 1 aliphatic carbocycles. The fourth-order valence-electron chi connectivity index (χ4n) is 1.37. The van der Waals surface area contributed by atoms with E-state index in [1.165, 1.54) is 6.08 Å². The Kier molecular flexibility index (Phi) is 2.21. The van der Waals surface area contributed by atoms with Gasteiger partial charge >= 0.3 is 0 Å². The van der Waals surface area contributed by atoms with Crippen LogP contribution in [0.5, 0.6) is 0 Å². The van der Waals surface area contributed by atoms with Crippen LogP contribution in [0.2, 0.25) is 0 Å². The molecule has 0 radical (unpaired) electrons. The number of aliphatic hydroxyl groups excluding tert-OH is 1. The Morgan fingerprint density at radius 2 is 1.73 bits per heavy atom. The van der Waals surface area contributed by atoms with Gasteiger partial charge in [0.25, 0.3) is 0 Å². The number of hydrogen-bond acceptors (Lipinski definition) is 3. The third kappa shape index (κ3) is 1.72. The molecule has 0 spiro atoms.